The number of anilines is 2. The fourth-order valence-electron chi connectivity index (χ4n) is 2.41. The van der Waals surface area contributed by atoms with Gasteiger partial charge in [-0.2, -0.15) is 0 Å². The van der Waals surface area contributed by atoms with E-state index in [0.29, 0.717) is 12.2 Å². The molecular formula is C19H22N4O4. The van der Waals surface area contributed by atoms with Crippen LogP contribution in [0.4, 0.5) is 17.1 Å². The quantitative estimate of drug-likeness (QED) is 0.549. The molecule has 2 rings (SSSR count). The molecule has 142 valence electrons. The highest BCUT2D eigenvalue weighted by molar-refractivity contribution is 5.93. The van der Waals surface area contributed by atoms with E-state index in [4.69, 9.17) is 0 Å². The van der Waals surface area contributed by atoms with Gasteiger partial charge in [0, 0.05) is 24.7 Å². The maximum absolute atomic E-state index is 12.0. The molecule has 0 aromatic heterocycles. The molecule has 0 fully saturated rings. The predicted octanol–water partition coefficient (Wildman–Crippen LogP) is 2.80. The lowest BCUT2D eigenvalue weighted by atomic mass is 10.2. The van der Waals surface area contributed by atoms with Crippen LogP contribution in [0.2, 0.25) is 0 Å². The van der Waals surface area contributed by atoms with E-state index in [1.54, 1.807) is 18.0 Å². The zero-order valence-corrected chi connectivity index (χ0v) is 15.3. The SMILES string of the molecule is Cc1ccc(NC(=O)CN(C)CCC(=O)Nc2ccccc2[N+](=O)[O-])cc1. The Kier molecular flexibility index (Phi) is 7.01. The standard InChI is InChI=1S/C19H22N4O4/c1-14-7-9-15(10-8-14)20-19(25)13-22(2)12-11-18(24)21-16-5-3-4-6-17(16)23(26)27/h3-10H,11-13H2,1-2H3,(H,20,25)(H,21,24). The summed E-state index contributed by atoms with van der Waals surface area (Å²) in [4.78, 5) is 36.2. The topological polar surface area (TPSA) is 105 Å². The number of aryl methyl sites for hydroxylation is 1. The van der Waals surface area contributed by atoms with E-state index in [9.17, 15) is 19.7 Å². The maximum Gasteiger partial charge on any atom is 0.292 e. The molecule has 2 amide bonds. The second kappa shape index (κ2) is 9.44. The van der Waals surface area contributed by atoms with Gasteiger partial charge in [0.2, 0.25) is 11.8 Å². The fourth-order valence-corrected chi connectivity index (χ4v) is 2.41. The average Bonchev–Trinajstić information content (AvgIpc) is 2.62. The minimum absolute atomic E-state index is 0.111. The van der Waals surface area contributed by atoms with Gasteiger partial charge in [0.1, 0.15) is 5.69 Å². The number of likely N-dealkylation sites (N-methyl/N-ethyl adjacent to an activating group) is 1. The van der Waals surface area contributed by atoms with E-state index < -0.39 is 4.92 Å². The Hall–Kier alpha value is -3.26. The Morgan fingerprint density at radius 1 is 1.04 bits per heavy atom. The lowest BCUT2D eigenvalue weighted by Gasteiger charge is -2.16. The summed E-state index contributed by atoms with van der Waals surface area (Å²) in [7, 11) is 1.73. The third-order valence-electron chi connectivity index (χ3n) is 3.84. The van der Waals surface area contributed by atoms with Gasteiger partial charge in [0.25, 0.3) is 5.69 Å². The van der Waals surface area contributed by atoms with Crippen molar-refractivity contribution in [1.29, 1.82) is 0 Å². The van der Waals surface area contributed by atoms with Crippen molar-refractivity contribution in [3.8, 4) is 0 Å². The van der Waals surface area contributed by atoms with Crippen LogP contribution >= 0.6 is 0 Å². The number of nitrogens with one attached hydrogen (secondary N) is 2. The van der Waals surface area contributed by atoms with Gasteiger partial charge in [0.05, 0.1) is 11.5 Å². The zero-order valence-electron chi connectivity index (χ0n) is 15.3. The van der Waals surface area contributed by atoms with Crippen molar-refractivity contribution in [2.45, 2.75) is 13.3 Å². The number of benzene rings is 2. The van der Waals surface area contributed by atoms with E-state index in [1.807, 2.05) is 31.2 Å². The van der Waals surface area contributed by atoms with Crippen LogP contribution in [0, 0.1) is 17.0 Å². The third kappa shape index (κ3) is 6.52. The highest BCUT2D eigenvalue weighted by Gasteiger charge is 2.15. The number of hydrogen-bond donors (Lipinski definition) is 2. The molecule has 0 saturated heterocycles. The van der Waals surface area contributed by atoms with Crippen LogP contribution in [0.1, 0.15) is 12.0 Å². The van der Waals surface area contributed by atoms with Gasteiger partial charge in [-0.15, -0.1) is 0 Å². The fraction of sp³-hybridized carbons (Fsp3) is 0.263. The van der Waals surface area contributed by atoms with Gasteiger partial charge in [-0.1, -0.05) is 29.8 Å². The Bertz CT molecular complexity index is 821. The molecule has 0 aliphatic rings. The lowest BCUT2D eigenvalue weighted by Crippen LogP contribution is -2.32. The minimum atomic E-state index is -0.544. The monoisotopic (exact) mass is 370 g/mol. The normalized spacial score (nSPS) is 10.5. The van der Waals surface area contributed by atoms with Crippen LogP contribution in [0.25, 0.3) is 0 Å². The number of hydrogen-bond acceptors (Lipinski definition) is 5. The Morgan fingerprint density at radius 2 is 1.70 bits per heavy atom. The van der Waals surface area contributed by atoms with Crippen molar-refractivity contribution < 1.29 is 14.5 Å². The molecule has 2 aromatic carbocycles. The predicted molar refractivity (Wildman–Crippen MR) is 104 cm³/mol. The molecule has 0 bridgehead atoms. The molecule has 0 unspecified atom stereocenters. The van der Waals surface area contributed by atoms with Crippen LogP contribution in [0.3, 0.4) is 0 Å². The summed E-state index contributed by atoms with van der Waals surface area (Å²) >= 11 is 0. The van der Waals surface area contributed by atoms with E-state index in [1.165, 1.54) is 18.2 Å². The average molecular weight is 370 g/mol. The van der Waals surface area contributed by atoms with Crippen LogP contribution in [0.15, 0.2) is 48.5 Å². The Balaban J connectivity index is 1.78. The van der Waals surface area contributed by atoms with E-state index >= 15 is 0 Å². The summed E-state index contributed by atoms with van der Waals surface area (Å²) in [6.07, 6.45) is 0.111. The van der Waals surface area contributed by atoms with Crippen molar-refractivity contribution in [2.75, 3.05) is 30.8 Å². The summed E-state index contributed by atoms with van der Waals surface area (Å²) in [5.41, 5.74) is 1.83. The van der Waals surface area contributed by atoms with Crippen molar-refractivity contribution in [3.63, 3.8) is 0 Å². The Labute approximate surface area is 157 Å². The molecule has 27 heavy (non-hydrogen) atoms. The van der Waals surface area contributed by atoms with Gasteiger partial charge < -0.3 is 10.6 Å². The van der Waals surface area contributed by atoms with Crippen LogP contribution in [-0.2, 0) is 9.59 Å². The molecule has 0 atom stereocenters. The van der Waals surface area contributed by atoms with Crippen LogP contribution in [-0.4, -0.2) is 41.8 Å². The molecule has 0 radical (unpaired) electrons. The third-order valence-corrected chi connectivity index (χ3v) is 3.84. The van der Waals surface area contributed by atoms with Gasteiger partial charge >= 0.3 is 0 Å². The van der Waals surface area contributed by atoms with Crippen molar-refractivity contribution in [3.05, 3.63) is 64.2 Å². The first-order valence-electron chi connectivity index (χ1n) is 8.43. The van der Waals surface area contributed by atoms with Crippen LogP contribution in [0.5, 0.6) is 0 Å². The van der Waals surface area contributed by atoms with E-state index in [-0.39, 0.29) is 36.2 Å². The van der Waals surface area contributed by atoms with Crippen molar-refractivity contribution >= 4 is 28.9 Å². The zero-order chi connectivity index (χ0) is 19.8. The molecule has 8 heteroatoms. The lowest BCUT2D eigenvalue weighted by molar-refractivity contribution is -0.383. The number of amides is 2. The van der Waals surface area contributed by atoms with Crippen molar-refractivity contribution in [2.24, 2.45) is 0 Å². The summed E-state index contributed by atoms with van der Waals surface area (Å²) in [5.74, 6) is -0.532. The highest BCUT2D eigenvalue weighted by Crippen LogP contribution is 2.23. The molecule has 0 saturated carbocycles. The maximum atomic E-state index is 12.0. The molecule has 0 aliphatic heterocycles. The number of nitro benzene ring substituents is 1. The first-order chi connectivity index (χ1) is 12.8. The number of rotatable bonds is 8. The van der Waals surface area contributed by atoms with Gasteiger partial charge in [0.15, 0.2) is 0 Å². The second-order valence-electron chi connectivity index (χ2n) is 6.22. The number of nitro groups is 1. The molecule has 0 heterocycles. The number of para-hydroxylation sites is 2. The first kappa shape index (κ1) is 20.1. The smallest absolute Gasteiger partial charge is 0.292 e. The van der Waals surface area contributed by atoms with Crippen molar-refractivity contribution in [1.82, 2.24) is 4.90 Å². The molecular weight excluding hydrogens is 348 g/mol. The van der Waals surface area contributed by atoms with Gasteiger partial charge in [-0.05, 0) is 32.2 Å². The molecule has 0 aliphatic carbocycles. The summed E-state index contributed by atoms with van der Waals surface area (Å²) in [5, 5.41) is 16.3. The van der Waals surface area contributed by atoms with Gasteiger partial charge in [-0.3, -0.25) is 24.6 Å². The highest BCUT2D eigenvalue weighted by atomic mass is 16.6. The van der Waals surface area contributed by atoms with Gasteiger partial charge in [-0.25, -0.2) is 0 Å². The van der Waals surface area contributed by atoms with Crippen LogP contribution < -0.4 is 10.6 Å². The number of nitrogens with zero attached hydrogens (tertiary/aromatic N) is 2. The summed E-state index contributed by atoms with van der Waals surface area (Å²) in [6, 6.07) is 13.4. The number of carbonyl (C=O) groups is 2. The van der Waals surface area contributed by atoms with E-state index in [0.717, 1.165) is 5.56 Å². The largest absolute Gasteiger partial charge is 0.325 e. The minimum Gasteiger partial charge on any atom is -0.325 e. The number of carbonyl (C=O) groups excluding carboxylic acids is 2. The Morgan fingerprint density at radius 3 is 2.37 bits per heavy atom. The molecule has 2 N–H and O–H groups in total. The van der Waals surface area contributed by atoms with E-state index in [2.05, 4.69) is 10.6 Å². The molecule has 2 aromatic rings. The molecule has 0 spiro atoms. The summed E-state index contributed by atoms with van der Waals surface area (Å²) < 4.78 is 0. The molecule has 8 nitrogen and oxygen atoms in total. The second-order valence-corrected chi connectivity index (χ2v) is 6.22. The summed E-state index contributed by atoms with van der Waals surface area (Å²) in [6.45, 7) is 2.44. The first-order valence-corrected chi connectivity index (χ1v) is 8.43.